The maximum absolute atomic E-state index is 10.6. The van der Waals surface area contributed by atoms with Crippen molar-refractivity contribution in [2.45, 2.75) is 33.1 Å². The molecule has 0 radical (unpaired) electrons. The molecule has 0 rings (SSSR count). The third kappa shape index (κ3) is 8.73. The summed E-state index contributed by atoms with van der Waals surface area (Å²) in [5.74, 6) is -0.0700. The molecule has 0 spiro atoms. The smallest absolute Gasteiger partial charge is 1.00 e. The molecule has 10 heavy (non-hydrogen) atoms. The summed E-state index contributed by atoms with van der Waals surface area (Å²) in [4.78, 5) is 10.6. The van der Waals surface area contributed by atoms with Crippen LogP contribution in [0.2, 0.25) is 0 Å². The van der Waals surface area contributed by atoms with Crippen LogP contribution in [0, 0.1) is 0 Å². The number of carbonyl (C=O) groups excluding carboxylic acids is 1. The van der Waals surface area contributed by atoms with Crippen LogP contribution in [0.25, 0.3) is 0 Å². The van der Waals surface area contributed by atoms with Crippen molar-refractivity contribution in [2.75, 3.05) is 6.61 Å². The van der Waals surface area contributed by atoms with E-state index in [1.54, 1.807) is 0 Å². The fourth-order valence-electron chi connectivity index (χ4n) is 0.554. The SMILES string of the molecule is CCCCC(=O)OCC.[Ca+2].[H-].[H-]. The Morgan fingerprint density at radius 1 is 1.50 bits per heavy atom. The molecule has 58 valence electrons. The van der Waals surface area contributed by atoms with Crippen LogP contribution in [-0.4, -0.2) is 50.3 Å². The van der Waals surface area contributed by atoms with Crippen LogP contribution in [0.5, 0.6) is 0 Å². The Morgan fingerprint density at radius 2 is 2.10 bits per heavy atom. The van der Waals surface area contributed by atoms with Crippen LogP contribution < -0.4 is 0 Å². The van der Waals surface area contributed by atoms with Crippen molar-refractivity contribution in [3.63, 3.8) is 0 Å². The van der Waals surface area contributed by atoms with E-state index in [1.165, 1.54) is 0 Å². The molecule has 0 heterocycles. The number of hydrogen-bond acceptors (Lipinski definition) is 2. The Morgan fingerprint density at radius 3 is 2.50 bits per heavy atom. The van der Waals surface area contributed by atoms with Gasteiger partial charge in [0.25, 0.3) is 0 Å². The molecule has 0 saturated carbocycles. The standard InChI is InChI=1S/C7H14O2.Ca.2H/c1-3-5-6-7(8)9-4-2;;;/h3-6H2,1-2H3;;;/q;+2;2*-1. The number of unbranched alkanes of at least 4 members (excludes halogenated alkanes) is 1. The molecule has 2 nitrogen and oxygen atoms in total. The molecule has 0 fully saturated rings. The van der Waals surface area contributed by atoms with E-state index in [9.17, 15) is 4.79 Å². The molecular formula is C7H16CaO2. The van der Waals surface area contributed by atoms with Crippen molar-refractivity contribution >= 4 is 43.7 Å². The molecule has 0 N–H and O–H groups in total. The summed E-state index contributed by atoms with van der Waals surface area (Å²) in [6.45, 7) is 4.38. The molecule has 0 saturated heterocycles. The maximum Gasteiger partial charge on any atom is 2.00 e. The van der Waals surface area contributed by atoms with E-state index in [4.69, 9.17) is 4.74 Å². The minimum absolute atomic E-state index is 0. The minimum Gasteiger partial charge on any atom is -1.00 e. The topological polar surface area (TPSA) is 26.3 Å². The summed E-state index contributed by atoms with van der Waals surface area (Å²) in [6, 6.07) is 0. The van der Waals surface area contributed by atoms with Gasteiger partial charge in [0.1, 0.15) is 0 Å². The average Bonchev–Trinajstić information content (AvgIpc) is 1.85. The van der Waals surface area contributed by atoms with E-state index in [0.717, 1.165) is 12.8 Å². The second kappa shape index (κ2) is 9.73. The molecule has 0 aromatic heterocycles. The van der Waals surface area contributed by atoms with Crippen LogP contribution >= 0.6 is 0 Å². The van der Waals surface area contributed by atoms with Gasteiger partial charge in [-0.05, 0) is 13.3 Å². The largest absolute Gasteiger partial charge is 2.00 e. The van der Waals surface area contributed by atoms with Gasteiger partial charge < -0.3 is 7.59 Å². The molecule has 0 bridgehead atoms. The summed E-state index contributed by atoms with van der Waals surface area (Å²) in [7, 11) is 0. The van der Waals surface area contributed by atoms with Gasteiger partial charge in [0.2, 0.25) is 0 Å². The normalized spacial score (nSPS) is 8.20. The first-order chi connectivity index (χ1) is 4.31. The first-order valence-electron chi connectivity index (χ1n) is 3.46. The van der Waals surface area contributed by atoms with Gasteiger partial charge in [0.05, 0.1) is 6.61 Å². The fourth-order valence-corrected chi connectivity index (χ4v) is 0.554. The number of esters is 1. The van der Waals surface area contributed by atoms with Gasteiger partial charge in [0.15, 0.2) is 0 Å². The second-order valence-corrected chi connectivity index (χ2v) is 1.91. The van der Waals surface area contributed by atoms with Crippen LogP contribution in [0.3, 0.4) is 0 Å². The molecule has 3 heteroatoms. The zero-order valence-corrected chi connectivity index (χ0v) is 9.06. The Hall–Kier alpha value is 0.730. The van der Waals surface area contributed by atoms with Gasteiger partial charge in [0, 0.05) is 6.42 Å². The maximum atomic E-state index is 10.6. The third-order valence-corrected chi connectivity index (χ3v) is 1.04. The predicted octanol–water partition coefficient (Wildman–Crippen LogP) is 1.58. The Bertz CT molecular complexity index is 91.5. The molecule has 0 aromatic carbocycles. The summed E-state index contributed by atoms with van der Waals surface area (Å²) in [5, 5.41) is 0. The summed E-state index contributed by atoms with van der Waals surface area (Å²) < 4.78 is 4.70. The molecule has 0 unspecified atom stereocenters. The molecular weight excluding hydrogens is 156 g/mol. The zero-order chi connectivity index (χ0) is 7.11. The van der Waals surface area contributed by atoms with Crippen molar-refractivity contribution in [3.8, 4) is 0 Å². The third-order valence-electron chi connectivity index (χ3n) is 1.04. The average molecular weight is 172 g/mol. The van der Waals surface area contributed by atoms with Crippen LogP contribution in [-0.2, 0) is 9.53 Å². The predicted molar refractivity (Wildman–Crippen MR) is 44.1 cm³/mol. The quantitative estimate of drug-likeness (QED) is 0.475. The molecule has 0 aliphatic carbocycles. The van der Waals surface area contributed by atoms with Crippen molar-refractivity contribution in [1.82, 2.24) is 0 Å². The Balaban J connectivity index is -0.000000107. The van der Waals surface area contributed by atoms with E-state index in [-0.39, 0.29) is 46.6 Å². The monoisotopic (exact) mass is 172 g/mol. The minimum atomic E-state index is -0.0700. The van der Waals surface area contributed by atoms with Crippen LogP contribution in [0.1, 0.15) is 36.0 Å². The van der Waals surface area contributed by atoms with Crippen molar-refractivity contribution in [2.24, 2.45) is 0 Å². The van der Waals surface area contributed by atoms with E-state index >= 15 is 0 Å². The molecule has 0 amide bonds. The molecule has 0 aliphatic heterocycles. The summed E-state index contributed by atoms with van der Waals surface area (Å²) >= 11 is 0. The summed E-state index contributed by atoms with van der Waals surface area (Å²) in [5.41, 5.74) is 0. The van der Waals surface area contributed by atoms with Crippen molar-refractivity contribution in [3.05, 3.63) is 0 Å². The first kappa shape index (κ1) is 13.3. The number of ether oxygens (including phenoxy) is 1. The molecule has 0 atom stereocenters. The van der Waals surface area contributed by atoms with E-state index in [1.807, 2.05) is 6.92 Å². The number of rotatable bonds is 4. The Kier molecular flexibility index (Phi) is 13.0. The van der Waals surface area contributed by atoms with Crippen molar-refractivity contribution < 1.29 is 12.4 Å². The van der Waals surface area contributed by atoms with Gasteiger partial charge >= 0.3 is 43.7 Å². The van der Waals surface area contributed by atoms with Gasteiger partial charge in [-0.25, -0.2) is 0 Å². The van der Waals surface area contributed by atoms with Crippen LogP contribution in [0.4, 0.5) is 0 Å². The summed E-state index contributed by atoms with van der Waals surface area (Å²) in [6.07, 6.45) is 2.57. The molecule has 0 aliphatic rings. The van der Waals surface area contributed by atoms with E-state index < -0.39 is 0 Å². The van der Waals surface area contributed by atoms with Gasteiger partial charge in [-0.2, -0.15) is 0 Å². The zero-order valence-electron chi connectivity index (χ0n) is 8.85. The second-order valence-electron chi connectivity index (χ2n) is 1.91. The van der Waals surface area contributed by atoms with Crippen molar-refractivity contribution in [1.29, 1.82) is 0 Å². The van der Waals surface area contributed by atoms with Gasteiger partial charge in [-0.1, -0.05) is 13.3 Å². The van der Waals surface area contributed by atoms with Gasteiger partial charge in [-0.15, -0.1) is 0 Å². The van der Waals surface area contributed by atoms with E-state index in [2.05, 4.69) is 6.92 Å². The van der Waals surface area contributed by atoms with E-state index in [0.29, 0.717) is 13.0 Å². The fraction of sp³-hybridized carbons (Fsp3) is 0.857. The van der Waals surface area contributed by atoms with Crippen LogP contribution in [0.15, 0.2) is 0 Å². The Labute approximate surface area is 95.3 Å². The number of carbonyl (C=O) groups is 1. The molecule has 0 aromatic rings. The van der Waals surface area contributed by atoms with Gasteiger partial charge in [-0.3, -0.25) is 4.79 Å². The number of hydrogen-bond donors (Lipinski definition) is 0. The first-order valence-corrected chi connectivity index (χ1v) is 3.46.